The molecule has 170 valence electrons. The molecule has 0 fully saturated rings. The van der Waals surface area contributed by atoms with Crippen LogP contribution in [0.4, 0.5) is 0 Å². The molecule has 1 amide bonds. The Labute approximate surface area is 209 Å². The molecule has 0 spiro atoms. The normalized spacial score (nSPS) is 11.8. The highest BCUT2D eigenvalue weighted by molar-refractivity contribution is 9.10. The van der Waals surface area contributed by atoms with E-state index in [9.17, 15) is 9.59 Å². The van der Waals surface area contributed by atoms with E-state index in [4.69, 9.17) is 32.7 Å². The van der Waals surface area contributed by atoms with Crippen LogP contribution in [-0.2, 0) is 4.79 Å². The van der Waals surface area contributed by atoms with E-state index in [1.54, 1.807) is 49.4 Å². The number of nitrogens with zero attached hydrogens (tertiary/aromatic N) is 1. The summed E-state index contributed by atoms with van der Waals surface area (Å²) in [5, 5.41) is 4.72. The number of aryl methyl sites for hydroxylation is 1. The molecule has 0 aliphatic heterocycles. The molecule has 0 radical (unpaired) electrons. The van der Waals surface area contributed by atoms with Gasteiger partial charge in [-0.3, -0.25) is 4.79 Å². The number of esters is 1. The Bertz CT molecular complexity index is 1200. The van der Waals surface area contributed by atoms with Gasteiger partial charge in [-0.15, -0.1) is 0 Å². The zero-order chi connectivity index (χ0) is 24.0. The van der Waals surface area contributed by atoms with E-state index in [0.717, 1.165) is 10.0 Å². The number of hydrogen-bond donors (Lipinski definition) is 1. The maximum atomic E-state index is 12.5. The van der Waals surface area contributed by atoms with Gasteiger partial charge in [-0.2, -0.15) is 5.10 Å². The van der Waals surface area contributed by atoms with Gasteiger partial charge in [-0.1, -0.05) is 56.8 Å². The molecule has 0 aliphatic rings. The van der Waals surface area contributed by atoms with Crippen molar-refractivity contribution in [2.45, 2.75) is 20.0 Å². The van der Waals surface area contributed by atoms with Crippen LogP contribution in [0.5, 0.6) is 11.5 Å². The van der Waals surface area contributed by atoms with Gasteiger partial charge >= 0.3 is 5.97 Å². The zero-order valence-electron chi connectivity index (χ0n) is 17.6. The third-order valence-electron chi connectivity index (χ3n) is 4.41. The highest BCUT2D eigenvalue weighted by Gasteiger charge is 2.16. The summed E-state index contributed by atoms with van der Waals surface area (Å²) in [5.41, 5.74) is 4.35. The number of carbonyl (C=O) groups is 2. The van der Waals surface area contributed by atoms with Crippen molar-refractivity contribution >= 4 is 57.2 Å². The predicted molar refractivity (Wildman–Crippen MR) is 133 cm³/mol. The molecule has 0 aliphatic carbocycles. The lowest BCUT2D eigenvalue weighted by molar-refractivity contribution is -0.127. The Balaban J connectivity index is 1.66. The Morgan fingerprint density at radius 2 is 1.73 bits per heavy atom. The van der Waals surface area contributed by atoms with Gasteiger partial charge in [0.1, 0.15) is 11.5 Å². The van der Waals surface area contributed by atoms with E-state index in [2.05, 4.69) is 26.5 Å². The minimum absolute atomic E-state index is 0.291. The van der Waals surface area contributed by atoms with Crippen LogP contribution in [0.1, 0.15) is 28.4 Å². The Hall–Kier alpha value is -2.87. The fraction of sp³-hybridized carbons (Fsp3) is 0.125. The third-order valence-corrected chi connectivity index (χ3v) is 5.43. The third kappa shape index (κ3) is 7.05. The number of hydrazone groups is 1. The highest BCUT2D eigenvalue weighted by atomic mass is 79.9. The van der Waals surface area contributed by atoms with E-state index in [-0.39, 0.29) is 0 Å². The van der Waals surface area contributed by atoms with Crippen molar-refractivity contribution in [2.24, 2.45) is 5.10 Å². The number of ether oxygens (including phenoxy) is 2. The van der Waals surface area contributed by atoms with E-state index < -0.39 is 18.0 Å². The molecule has 6 nitrogen and oxygen atoms in total. The first-order valence-corrected chi connectivity index (χ1v) is 11.3. The van der Waals surface area contributed by atoms with Crippen molar-refractivity contribution in [1.29, 1.82) is 0 Å². The minimum atomic E-state index is -0.873. The zero-order valence-corrected chi connectivity index (χ0v) is 20.7. The quantitative estimate of drug-likeness (QED) is 0.165. The summed E-state index contributed by atoms with van der Waals surface area (Å²) in [4.78, 5) is 24.8. The van der Waals surface area contributed by atoms with Gasteiger partial charge in [0.2, 0.25) is 0 Å². The lowest BCUT2D eigenvalue weighted by Gasteiger charge is -2.14. The molecule has 33 heavy (non-hydrogen) atoms. The number of carbonyl (C=O) groups excluding carboxylic acids is 2. The maximum absolute atomic E-state index is 12.5. The fourth-order valence-electron chi connectivity index (χ4n) is 2.63. The Morgan fingerprint density at radius 3 is 2.42 bits per heavy atom. The van der Waals surface area contributed by atoms with Gasteiger partial charge in [0.25, 0.3) is 5.91 Å². The van der Waals surface area contributed by atoms with Gasteiger partial charge < -0.3 is 9.47 Å². The van der Waals surface area contributed by atoms with E-state index >= 15 is 0 Å². The second-order valence-electron chi connectivity index (χ2n) is 7.01. The van der Waals surface area contributed by atoms with Crippen molar-refractivity contribution in [3.63, 3.8) is 0 Å². The molecular weight excluding hydrogens is 531 g/mol. The van der Waals surface area contributed by atoms with Crippen LogP contribution in [0.2, 0.25) is 10.0 Å². The molecule has 1 atom stereocenters. The monoisotopic (exact) mass is 548 g/mol. The lowest BCUT2D eigenvalue weighted by Crippen LogP contribution is -2.33. The molecule has 1 N–H and O–H groups in total. The largest absolute Gasteiger partial charge is 0.479 e. The average Bonchev–Trinajstić information content (AvgIpc) is 2.77. The standard InChI is InChI=1S/C24H19BrCl2N2O4/c1-14-3-5-16(6-4-14)24(31)33-21-9-7-18(25)11-17(21)13-28-29-23(30)15(2)32-22-10-8-19(26)12-20(22)27/h3-13,15H,1-2H3,(H,29,30)/b28-13-/t15-/m1/s1. The average molecular weight is 550 g/mol. The van der Waals surface area contributed by atoms with E-state index in [1.807, 2.05) is 19.1 Å². The number of rotatable bonds is 7. The van der Waals surface area contributed by atoms with Crippen LogP contribution in [-0.4, -0.2) is 24.2 Å². The van der Waals surface area contributed by atoms with E-state index in [1.165, 1.54) is 12.3 Å². The predicted octanol–water partition coefficient (Wildman–Crippen LogP) is 6.20. The highest BCUT2D eigenvalue weighted by Crippen LogP contribution is 2.28. The second kappa shape index (κ2) is 11.3. The van der Waals surface area contributed by atoms with Gasteiger partial charge in [0, 0.05) is 15.1 Å². The molecule has 0 bridgehead atoms. The first-order valence-electron chi connectivity index (χ1n) is 9.76. The van der Waals surface area contributed by atoms with Crippen molar-refractivity contribution in [1.82, 2.24) is 5.43 Å². The number of amides is 1. The number of benzene rings is 3. The van der Waals surface area contributed by atoms with Crippen LogP contribution in [0.3, 0.4) is 0 Å². The number of hydrogen-bond acceptors (Lipinski definition) is 5. The number of halogens is 3. The summed E-state index contributed by atoms with van der Waals surface area (Å²) in [5.74, 6) is -0.382. The van der Waals surface area contributed by atoms with Crippen molar-refractivity contribution in [3.8, 4) is 11.5 Å². The summed E-state index contributed by atoms with van der Waals surface area (Å²) in [6.45, 7) is 3.49. The second-order valence-corrected chi connectivity index (χ2v) is 8.77. The molecule has 3 rings (SSSR count). The van der Waals surface area contributed by atoms with Crippen molar-refractivity contribution in [2.75, 3.05) is 0 Å². The summed E-state index contributed by atoms with van der Waals surface area (Å²) < 4.78 is 11.8. The topological polar surface area (TPSA) is 77.0 Å². The van der Waals surface area contributed by atoms with Gasteiger partial charge in [0.15, 0.2) is 6.10 Å². The smallest absolute Gasteiger partial charge is 0.343 e. The van der Waals surface area contributed by atoms with Crippen LogP contribution in [0, 0.1) is 6.92 Å². The van der Waals surface area contributed by atoms with Crippen molar-refractivity contribution < 1.29 is 19.1 Å². The molecule has 0 heterocycles. The van der Waals surface area contributed by atoms with Gasteiger partial charge in [-0.05, 0) is 62.4 Å². The molecule has 3 aromatic carbocycles. The molecule has 3 aromatic rings. The van der Waals surface area contributed by atoms with Crippen LogP contribution in [0.15, 0.2) is 70.2 Å². The molecule has 9 heteroatoms. The molecule has 0 aromatic heterocycles. The summed E-state index contributed by atoms with van der Waals surface area (Å²) >= 11 is 15.3. The lowest BCUT2D eigenvalue weighted by atomic mass is 10.1. The summed E-state index contributed by atoms with van der Waals surface area (Å²) in [6.07, 6.45) is 0.504. The molecule has 0 saturated carbocycles. The first-order chi connectivity index (χ1) is 15.7. The molecule has 0 unspecified atom stereocenters. The van der Waals surface area contributed by atoms with Crippen LogP contribution in [0.25, 0.3) is 0 Å². The van der Waals surface area contributed by atoms with Gasteiger partial charge in [0.05, 0.1) is 16.8 Å². The van der Waals surface area contributed by atoms with Gasteiger partial charge in [-0.25, -0.2) is 10.2 Å². The van der Waals surface area contributed by atoms with Crippen molar-refractivity contribution in [3.05, 3.63) is 91.9 Å². The SMILES string of the molecule is Cc1ccc(C(=O)Oc2ccc(Br)cc2/C=N\NC(=O)[C@@H](C)Oc2ccc(Cl)cc2Cl)cc1. The maximum Gasteiger partial charge on any atom is 0.343 e. The minimum Gasteiger partial charge on any atom is -0.479 e. The summed E-state index contributed by atoms with van der Waals surface area (Å²) in [6, 6.07) is 16.8. The Kier molecular flexibility index (Phi) is 8.49. The van der Waals surface area contributed by atoms with Crippen LogP contribution < -0.4 is 14.9 Å². The fourth-order valence-corrected chi connectivity index (χ4v) is 3.46. The van der Waals surface area contributed by atoms with E-state index in [0.29, 0.717) is 32.7 Å². The van der Waals surface area contributed by atoms with Crippen LogP contribution >= 0.6 is 39.1 Å². The first kappa shape index (κ1) is 24.8. The summed E-state index contributed by atoms with van der Waals surface area (Å²) in [7, 11) is 0. The number of nitrogens with one attached hydrogen (secondary N) is 1. The molecular formula is C24H19BrCl2N2O4. The molecule has 0 saturated heterocycles. The Morgan fingerprint density at radius 1 is 1.03 bits per heavy atom.